The second kappa shape index (κ2) is 13.7. The maximum atomic E-state index is 14.1. The number of hydrogen-bond acceptors (Lipinski definition) is 8. The summed E-state index contributed by atoms with van der Waals surface area (Å²) >= 11 is 1.29. The predicted octanol–water partition coefficient (Wildman–Crippen LogP) is 6.00. The van der Waals surface area contributed by atoms with Crippen LogP contribution >= 0.6 is 11.3 Å². The van der Waals surface area contributed by atoms with Crippen molar-refractivity contribution in [3.63, 3.8) is 0 Å². The van der Waals surface area contributed by atoms with Gasteiger partial charge in [-0.25, -0.2) is 9.79 Å². The maximum Gasteiger partial charge on any atom is 0.338 e. The smallest absolute Gasteiger partial charge is 0.338 e. The largest absolute Gasteiger partial charge is 0.490 e. The Labute approximate surface area is 277 Å². The van der Waals surface area contributed by atoms with Gasteiger partial charge in [0.05, 0.1) is 35.1 Å². The number of aromatic nitrogens is 1. The summed E-state index contributed by atoms with van der Waals surface area (Å²) in [6.45, 7) is 6.54. The van der Waals surface area contributed by atoms with Gasteiger partial charge in [-0.05, 0) is 78.6 Å². The summed E-state index contributed by atoms with van der Waals surface area (Å²) in [5.74, 6) is 0.730. The second-order valence-electron chi connectivity index (χ2n) is 11.4. The number of carbonyl (C=O) groups excluding carboxylic acids is 1. The zero-order valence-electron chi connectivity index (χ0n) is 27.2. The van der Waals surface area contributed by atoms with Crippen LogP contribution in [0.2, 0.25) is 0 Å². The molecule has 1 atom stereocenters. The molecular formula is C38H37N3O5S. The normalized spacial score (nSPS) is 14.5. The first-order chi connectivity index (χ1) is 22.8. The number of benzene rings is 4. The summed E-state index contributed by atoms with van der Waals surface area (Å²) in [5, 5.41) is 2.31. The summed E-state index contributed by atoms with van der Waals surface area (Å²) in [5.41, 5.74) is 4.32. The van der Waals surface area contributed by atoms with Crippen LogP contribution in [0.5, 0.6) is 11.5 Å². The van der Waals surface area contributed by atoms with Crippen molar-refractivity contribution in [2.24, 2.45) is 4.99 Å². The van der Waals surface area contributed by atoms with E-state index < -0.39 is 12.0 Å². The van der Waals surface area contributed by atoms with Crippen molar-refractivity contribution in [2.45, 2.75) is 33.4 Å². The Bertz CT molecular complexity index is 2160. The molecule has 0 spiro atoms. The molecule has 0 fully saturated rings. The van der Waals surface area contributed by atoms with Gasteiger partial charge in [-0.2, -0.15) is 0 Å². The minimum Gasteiger partial charge on any atom is -0.490 e. The standard InChI is InChI=1S/C38H37N3O5S/c1-6-44-32-21-25(15-20-31(32)46-23-28-13-10-12-26-11-8-9-14-30(26)28)22-33-36(42)41-35(27-16-18-29(19-17-27)40(4)5)34(37(43)45-7-2)24(3)39-38(41)47-33/h8-22,35H,6-7,23H2,1-5H3/b33-22-/t35-/m1/s1. The van der Waals surface area contributed by atoms with Gasteiger partial charge in [-0.15, -0.1) is 0 Å². The van der Waals surface area contributed by atoms with Gasteiger partial charge in [0.25, 0.3) is 5.56 Å². The number of thiazole rings is 1. The highest BCUT2D eigenvalue weighted by Gasteiger charge is 2.33. The number of anilines is 1. The summed E-state index contributed by atoms with van der Waals surface area (Å²) in [6, 6.07) is 27.2. The van der Waals surface area contributed by atoms with Crippen LogP contribution in [0, 0.1) is 0 Å². The van der Waals surface area contributed by atoms with Crippen LogP contribution in [0.25, 0.3) is 16.8 Å². The van der Waals surface area contributed by atoms with Crippen molar-refractivity contribution >= 4 is 39.8 Å². The molecule has 6 rings (SSSR count). The topological polar surface area (TPSA) is 82.4 Å². The van der Waals surface area contributed by atoms with Crippen LogP contribution in [0.15, 0.2) is 106 Å². The highest BCUT2D eigenvalue weighted by Crippen LogP contribution is 2.33. The zero-order valence-corrected chi connectivity index (χ0v) is 28.0. The van der Waals surface area contributed by atoms with E-state index in [1.165, 1.54) is 11.3 Å². The summed E-state index contributed by atoms with van der Waals surface area (Å²) in [4.78, 5) is 34.5. The summed E-state index contributed by atoms with van der Waals surface area (Å²) < 4.78 is 19.8. The molecular weight excluding hydrogens is 611 g/mol. The molecule has 4 aromatic carbocycles. The van der Waals surface area contributed by atoms with E-state index in [4.69, 9.17) is 19.2 Å². The van der Waals surface area contributed by atoms with E-state index in [0.29, 0.717) is 45.3 Å². The molecule has 0 saturated heterocycles. The van der Waals surface area contributed by atoms with Crippen LogP contribution in [-0.2, 0) is 16.1 Å². The number of esters is 1. The molecule has 0 saturated carbocycles. The molecule has 240 valence electrons. The van der Waals surface area contributed by atoms with E-state index in [1.54, 1.807) is 18.4 Å². The fourth-order valence-corrected chi connectivity index (χ4v) is 6.84. The van der Waals surface area contributed by atoms with Crippen LogP contribution < -0.4 is 29.3 Å². The number of rotatable bonds is 10. The van der Waals surface area contributed by atoms with E-state index in [-0.39, 0.29) is 12.2 Å². The first kappa shape index (κ1) is 31.8. The number of fused-ring (bicyclic) bond motifs is 2. The summed E-state index contributed by atoms with van der Waals surface area (Å²) in [6.07, 6.45) is 1.83. The monoisotopic (exact) mass is 647 g/mol. The van der Waals surface area contributed by atoms with Crippen molar-refractivity contribution in [3.8, 4) is 11.5 Å². The van der Waals surface area contributed by atoms with E-state index in [9.17, 15) is 9.59 Å². The van der Waals surface area contributed by atoms with Crippen molar-refractivity contribution < 1.29 is 19.0 Å². The van der Waals surface area contributed by atoms with E-state index in [2.05, 4.69) is 24.3 Å². The van der Waals surface area contributed by atoms with Gasteiger partial charge in [-0.1, -0.05) is 72.0 Å². The van der Waals surface area contributed by atoms with Gasteiger partial charge < -0.3 is 19.1 Å². The number of hydrogen-bond donors (Lipinski definition) is 0. The lowest BCUT2D eigenvalue weighted by molar-refractivity contribution is -0.139. The number of ether oxygens (including phenoxy) is 3. The number of carbonyl (C=O) groups is 1. The molecule has 0 bridgehead atoms. The van der Waals surface area contributed by atoms with Crippen LogP contribution in [0.4, 0.5) is 5.69 Å². The highest BCUT2D eigenvalue weighted by atomic mass is 32.1. The van der Waals surface area contributed by atoms with Crippen molar-refractivity contribution in [1.82, 2.24) is 4.57 Å². The minimum absolute atomic E-state index is 0.218. The Kier molecular flexibility index (Phi) is 9.26. The summed E-state index contributed by atoms with van der Waals surface area (Å²) in [7, 11) is 3.93. The maximum absolute atomic E-state index is 14.1. The van der Waals surface area contributed by atoms with Gasteiger partial charge in [-0.3, -0.25) is 9.36 Å². The first-order valence-electron chi connectivity index (χ1n) is 15.6. The Morgan fingerprint density at radius 1 is 0.936 bits per heavy atom. The van der Waals surface area contributed by atoms with Crippen molar-refractivity contribution in [1.29, 1.82) is 0 Å². The molecule has 9 heteroatoms. The number of nitrogens with zero attached hydrogens (tertiary/aromatic N) is 3. The van der Waals surface area contributed by atoms with Crippen LogP contribution in [-0.4, -0.2) is 37.8 Å². The molecule has 8 nitrogen and oxygen atoms in total. The van der Waals surface area contributed by atoms with Crippen molar-refractivity contribution in [3.05, 3.63) is 133 Å². The molecule has 0 radical (unpaired) electrons. The molecule has 1 aromatic heterocycles. The fraction of sp³-hybridized carbons (Fsp3) is 0.237. The van der Waals surface area contributed by atoms with Gasteiger partial charge in [0.15, 0.2) is 16.3 Å². The van der Waals surface area contributed by atoms with Gasteiger partial charge in [0, 0.05) is 19.8 Å². The molecule has 1 aliphatic rings. The highest BCUT2D eigenvalue weighted by molar-refractivity contribution is 7.07. The SMILES string of the molecule is CCOC(=O)C1=C(C)N=c2s/c(=C\c3ccc(OCc4cccc5ccccc45)c(OCC)c3)c(=O)n2[C@@H]1c1ccc(N(C)C)cc1. The lowest BCUT2D eigenvalue weighted by atomic mass is 9.95. The van der Waals surface area contributed by atoms with E-state index >= 15 is 0 Å². The third-order valence-electron chi connectivity index (χ3n) is 8.07. The van der Waals surface area contributed by atoms with E-state index in [1.807, 2.05) is 92.7 Å². The molecule has 0 N–H and O–H groups in total. The quantitative estimate of drug-likeness (QED) is 0.173. The Balaban J connectivity index is 1.38. The molecule has 1 aliphatic heterocycles. The van der Waals surface area contributed by atoms with Gasteiger partial charge in [0.2, 0.25) is 0 Å². The van der Waals surface area contributed by atoms with E-state index in [0.717, 1.165) is 33.2 Å². The lowest BCUT2D eigenvalue weighted by Crippen LogP contribution is -2.39. The Hall–Kier alpha value is -5.15. The zero-order chi connectivity index (χ0) is 33.1. The van der Waals surface area contributed by atoms with Crippen molar-refractivity contribution in [2.75, 3.05) is 32.2 Å². The molecule has 0 amide bonds. The first-order valence-corrected chi connectivity index (χ1v) is 16.4. The average Bonchev–Trinajstić information content (AvgIpc) is 3.37. The lowest BCUT2D eigenvalue weighted by Gasteiger charge is -2.25. The molecule has 2 heterocycles. The minimum atomic E-state index is -0.674. The average molecular weight is 648 g/mol. The number of allylic oxidation sites excluding steroid dienone is 1. The van der Waals surface area contributed by atoms with Gasteiger partial charge >= 0.3 is 5.97 Å². The molecule has 0 unspecified atom stereocenters. The third-order valence-corrected chi connectivity index (χ3v) is 9.05. The second-order valence-corrected chi connectivity index (χ2v) is 12.4. The fourth-order valence-electron chi connectivity index (χ4n) is 5.79. The van der Waals surface area contributed by atoms with Crippen LogP contribution in [0.1, 0.15) is 43.5 Å². The molecule has 0 aliphatic carbocycles. The van der Waals surface area contributed by atoms with Gasteiger partial charge in [0.1, 0.15) is 6.61 Å². The predicted molar refractivity (Wildman–Crippen MR) is 187 cm³/mol. The van der Waals surface area contributed by atoms with Crippen LogP contribution in [0.3, 0.4) is 0 Å². The molecule has 5 aromatic rings. The molecule has 47 heavy (non-hydrogen) atoms. The Morgan fingerprint density at radius 3 is 2.45 bits per heavy atom. The third kappa shape index (κ3) is 6.44. The Morgan fingerprint density at radius 2 is 1.70 bits per heavy atom.